The minimum atomic E-state index is -3.94. The van der Waals surface area contributed by atoms with E-state index < -0.39 is 10.0 Å². The Morgan fingerprint density at radius 2 is 1.93 bits per heavy atom. The summed E-state index contributed by atoms with van der Waals surface area (Å²) in [6, 6.07) is 10.7. The van der Waals surface area contributed by atoms with Crippen LogP contribution in [0.4, 0.5) is 5.69 Å². The molecule has 0 radical (unpaired) electrons. The zero-order valence-electron chi connectivity index (χ0n) is 16.9. The van der Waals surface area contributed by atoms with Crippen LogP contribution in [-0.4, -0.2) is 52.1 Å². The molecule has 0 aliphatic carbocycles. The summed E-state index contributed by atoms with van der Waals surface area (Å²) in [6.07, 6.45) is 1.71. The van der Waals surface area contributed by atoms with E-state index in [1.54, 1.807) is 29.2 Å². The third-order valence-corrected chi connectivity index (χ3v) is 6.53. The fraction of sp³-hybridized carbons (Fsp3) is 0.381. The van der Waals surface area contributed by atoms with Crippen LogP contribution in [0, 0.1) is 0 Å². The SMILES string of the molecule is CCOC1CCN(C(=O)c2cccc(S(=O)(=O)Nc3cc(Cl)ccc3OC)c2)CC1. The van der Waals surface area contributed by atoms with Crippen LogP contribution in [-0.2, 0) is 14.8 Å². The highest BCUT2D eigenvalue weighted by Crippen LogP contribution is 2.30. The van der Waals surface area contributed by atoms with Crippen molar-refractivity contribution in [2.75, 3.05) is 31.5 Å². The van der Waals surface area contributed by atoms with E-state index in [1.807, 2.05) is 6.92 Å². The van der Waals surface area contributed by atoms with Crippen molar-refractivity contribution in [1.29, 1.82) is 0 Å². The summed E-state index contributed by atoms with van der Waals surface area (Å²) in [6.45, 7) is 3.77. The normalized spacial score (nSPS) is 15.1. The quantitative estimate of drug-likeness (QED) is 0.690. The van der Waals surface area contributed by atoms with Crippen molar-refractivity contribution in [3.63, 3.8) is 0 Å². The minimum absolute atomic E-state index is 0.0143. The first-order chi connectivity index (χ1) is 14.3. The average molecular weight is 453 g/mol. The molecule has 0 spiro atoms. The van der Waals surface area contributed by atoms with Crippen LogP contribution in [0.5, 0.6) is 5.75 Å². The number of piperidine rings is 1. The number of halogens is 1. The molecule has 1 saturated heterocycles. The van der Waals surface area contributed by atoms with E-state index in [0.717, 1.165) is 12.8 Å². The number of rotatable bonds is 7. The number of carbonyl (C=O) groups excluding carboxylic acids is 1. The molecular formula is C21H25ClN2O5S. The van der Waals surface area contributed by atoms with Crippen LogP contribution in [0.15, 0.2) is 47.4 Å². The smallest absolute Gasteiger partial charge is 0.262 e. The fourth-order valence-electron chi connectivity index (χ4n) is 3.40. The number of likely N-dealkylation sites (tertiary alicyclic amines) is 1. The summed E-state index contributed by atoms with van der Waals surface area (Å²) in [5.74, 6) is 0.148. The summed E-state index contributed by atoms with van der Waals surface area (Å²) in [5, 5.41) is 0.368. The number of benzene rings is 2. The van der Waals surface area contributed by atoms with Crippen LogP contribution in [0.2, 0.25) is 5.02 Å². The molecule has 1 aliphatic heterocycles. The first kappa shape index (κ1) is 22.4. The molecule has 9 heteroatoms. The second-order valence-electron chi connectivity index (χ2n) is 6.92. The van der Waals surface area contributed by atoms with Crippen molar-refractivity contribution < 1.29 is 22.7 Å². The molecule has 1 N–H and O–H groups in total. The molecule has 0 bridgehead atoms. The number of carbonyl (C=O) groups is 1. The second kappa shape index (κ2) is 9.68. The molecule has 2 aromatic rings. The molecule has 1 fully saturated rings. The Labute approximate surface area is 182 Å². The first-order valence-corrected chi connectivity index (χ1v) is 11.6. The summed E-state index contributed by atoms with van der Waals surface area (Å²) in [5.41, 5.74) is 0.547. The maximum atomic E-state index is 12.9. The molecule has 0 aromatic heterocycles. The molecule has 1 aliphatic rings. The zero-order chi connectivity index (χ0) is 21.7. The van der Waals surface area contributed by atoms with Gasteiger partial charge >= 0.3 is 0 Å². The van der Waals surface area contributed by atoms with E-state index >= 15 is 0 Å². The third-order valence-electron chi connectivity index (χ3n) is 4.93. The third kappa shape index (κ3) is 5.24. The van der Waals surface area contributed by atoms with Gasteiger partial charge in [0, 0.05) is 30.3 Å². The van der Waals surface area contributed by atoms with Crippen LogP contribution in [0.3, 0.4) is 0 Å². The van der Waals surface area contributed by atoms with Crippen molar-refractivity contribution >= 4 is 33.2 Å². The lowest BCUT2D eigenvalue weighted by atomic mass is 10.1. The molecule has 1 heterocycles. The van der Waals surface area contributed by atoms with Gasteiger partial charge in [0.1, 0.15) is 5.75 Å². The van der Waals surface area contributed by atoms with E-state index in [0.29, 0.717) is 36.0 Å². The lowest BCUT2D eigenvalue weighted by Crippen LogP contribution is -2.40. The maximum absolute atomic E-state index is 12.9. The Bertz CT molecular complexity index is 1000. The molecule has 0 atom stereocenters. The van der Waals surface area contributed by atoms with Crippen molar-refractivity contribution in [3.8, 4) is 5.75 Å². The lowest BCUT2D eigenvalue weighted by molar-refractivity contribution is 0.0146. The van der Waals surface area contributed by atoms with Crippen LogP contribution < -0.4 is 9.46 Å². The number of amides is 1. The van der Waals surface area contributed by atoms with Gasteiger partial charge in [0.2, 0.25) is 0 Å². The van der Waals surface area contributed by atoms with Gasteiger partial charge in [-0.25, -0.2) is 8.42 Å². The number of nitrogens with zero attached hydrogens (tertiary/aromatic N) is 1. The van der Waals surface area contributed by atoms with Gasteiger partial charge in [0.25, 0.3) is 15.9 Å². The number of anilines is 1. The molecule has 3 rings (SSSR count). The molecule has 0 saturated carbocycles. The van der Waals surface area contributed by atoms with Gasteiger partial charge in [-0.1, -0.05) is 17.7 Å². The Morgan fingerprint density at radius 1 is 1.20 bits per heavy atom. The Kier molecular flexibility index (Phi) is 7.23. The largest absolute Gasteiger partial charge is 0.495 e. The summed E-state index contributed by atoms with van der Waals surface area (Å²) in [4.78, 5) is 14.6. The summed E-state index contributed by atoms with van der Waals surface area (Å²) >= 11 is 5.98. The van der Waals surface area contributed by atoms with Crippen molar-refractivity contribution in [3.05, 3.63) is 53.1 Å². The molecule has 7 nitrogen and oxygen atoms in total. The number of hydrogen-bond acceptors (Lipinski definition) is 5. The molecule has 1 amide bonds. The standard InChI is InChI=1S/C21H25ClN2O5S/c1-3-29-17-9-11-24(12-10-17)21(25)15-5-4-6-18(13-15)30(26,27)23-19-14-16(22)7-8-20(19)28-2/h4-8,13-14,17,23H,3,9-12H2,1-2H3. The van der Waals surface area contributed by atoms with Gasteiger partial charge in [-0.3, -0.25) is 9.52 Å². The number of sulfonamides is 1. The van der Waals surface area contributed by atoms with E-state index in [4.69, 9.17) is 21.1 Å². The predicted octanol–water partition coefficient (Wildman–Crippen LogP) is 3.79. The average Bonchev–Trinajstić information content (AvgIpc) is 2.74. The van der Waals surface area contributed by atoms with Gasteiger partial charge in [-0.2, -0.15) is 0 Å². The van der Waals surface area contributed by atoms with Gasteiger partial charge in [0.15, 0.2) is 0 Å². The fourth-order valence-corrected chi connectivity index (χ4v) is 4.68. The lowest BCUT2D eigenvalue weighted by Gasteiger charge is -2.31. The first-order valence-electron chi connectivity index (χ1n) is 9.71. The maximum Gasteiger partial charge on any atom is 0.262 e. The van der Waals surface area contributed by atoms with Crippen LogP contribution >= 0.6 is 11.6 Å². The zero-order valence-corrected chi connectivity index (χ0v) is 18.5. The van der Waals surface area contributed by atoms with Crippen molar-refractivity contribution in [1.82, 2.24) is 4.90 Å². The van der Waals surface area contributed by atoms with Crippen molar-refractivity contribution in [2.45, 2.75) is 30.8 Å². The minimum Gasteiger partial charge on any atom is -0.495 e. The molecule has 162 valence electrons. The predicted molar refractivity (Wildman–Crippen MR) is 116 cm³/mol. The van der Waals surface area contributed by atoms with Gasteiger partial charge in [-0.05, 0) is 56.2 Å². The monoisotopic (exact) mass is 452 g/mol. The van der Waals surface area contributed by atoms with Crippen LogP contribution in [0.1, 0.15) is 30.1 Å². The Morgan fingerprint density at radius 3 is 2.60 bits per heavy atom. The van der Waals surface area contributed by atoms with E-state index in [9.17, 15) is 13.2 Å². The molecule has 30 heavy (non-hydrogen) atoms. The van der Waals surface area contributed by atoms with Gasteiger partial charge in [0.05, 0.1) is 23.8 Å². The highest BCUT2D eigenvalue weighted by atomic mass is 35.5. The van der Waals surface area contributed by atoms with E-state index in [-0.39, 0.29) is 22.6 Å². The highest BCUT2D eigenvalue weighted by molar-refractivity contribution is 7.92. The second-order valence-corrected chi connectivity index (χ2v) is 9.04. The van der Waals surface area contributed by atoms with Crippen molar-refractivity contribution in [2.24, 2.45) is 0 Å². The summed E-state index contributed by atoms with van der Waals surface area (Å²) in [7, 11) is -2.51. The van der Waals surface area contributed by atoms with Crippen LogP contribution in [0.25, 0.3) is 0 Å². The van der Waals surface area contributed by atoms with E-state index in [2.05, 4.69) is 4.72 Å². The highest BCUT2D eigenvalue weighted by Gasteiger charge is 2.25. The Balaban J connectivity index is 1.78. The number of methoxy groups -OCH3 is 1. The number of hydrogen-bond donors (Lipinski definition) is 1. The van der Waals surface area contributed by atoms with Gasteiger partial charge in [-0.15, -0.1) is 0 Å². The molecular weight excluding hydrogens is 428 g/mol. The topological polar surface area (TPSA) is 84.9 Å². The number of ether oxygens (including phenoxy) is 2. The summed E-state index contributed by atoms with van der Waals surface area (Å²) < 4.78 is 39.1. The Hall–Kier alpha value is -2.29. The molecule has 2 aromatic carbocycles. The van der Waals surface area contributed by atoms with Gasteiger partial charge < -0.3 is 14.4 Å². The van der Waals surface area contributed by atoms with E-state index in [1.165, 1.54) is 25.3 Å². The number of nitrogens with one attached hydrogen (secondary N) is 1. The molecule has 0 unspecified atom stereocenters.